The van der Waals surface area contributed by atoms with Crippen molar-refractivity contribution in [1.29, 1.82) is 0 Å². The monoisotopic (exact) mass is 431 g/mol. The van der Waals surface area contributed by atoms with E-state index in [1.54, 1.807) is 11.3 Å². The topological polar surface area (TPSA) is 54.9 Å². The van der Waals surface area contributed by atoms with E-state index in [1.807, 2.05) is 54.3 Å². The Kier molecular flexibility index (Phi) is 6.06. The van der Waals surface area contributed by atoms with Gasteiger partial charge < -0.3 is 19.3 Å². The molecule has 2 heterocycles. The third-order valence-electron chi connectivity index (χ3n) is 4.74. The number of rotatable bonds is 6. The van der Waals surface area contributed by atoms with E-state index in [0.29, 0.717) is 25.4 Å². The zero-order valence-corrected chi connectivity index (χ0v) is 17.7. The molecule has 152 valence electrons. The van der Waals surface area contributed by atoms with Gasteiger partial charge in [0, 0.05) is 31.2 Å². The molecule has 1 fully saturated rings. The molecule has 3 aromatic rings. The Morgan fingerprint density at radius 1 is 1.07 bits per heavy atom. The van der Waals surface area contributed by atoms with Gasteiger partial charge in [-0.2, -0.15) is 0 Å². The van der Waals surface area contributed by atoms with E-state index in [-0.39, 0.29) is 12.5 Å². The number of amides is 1. The van der Waals surface area contributed by atoms with Gasteiger partial charge in [-0.1, -0.05) is 22.9 Å². The number of halogens is 1. The number of thiazole rings is 1. The summed E-state index contributed by atoms with van der Waals surface area (Å²) < 4.78 is 12.1. The molecule has 6 nitrogen and oxygen atoms in total. The van der Waals surface area contributed by atoms with Crippen molar-refractivity contribution >= 4 is 44.2 Å². The van der Waals surface area contributed by atoms with Crippen LogP contribution in [0.25, 0.3) is 10.2 Å². The van der Waals surface area contributed by atoms with Gasteiger partial charge in [0.05, 0.1) is 16.8 Å². The second-order valence-electron chi connectivity index (χ2n) is 6.67. The first-order valence-electron chi connectivity index (χ1n) is 9.57. The average Bonchev–Trinajstić information content (AvgIpc) is 3.16. The molecule has 0 atom stereocenters. The van der Waals surface area contributed by atoms with E-state index >= 15 is 0 Å². The van der Waals surface area contributed by atoms with Gasteiger partial charge in [0.25, 0.3) is 5.91 Å². The fraction of sp³-hybridized carbons (Fsp3) is 0.333. The number of hydrogen-bond donors (Lipinski definition) is 0. The average molecular weight is 432 g/mol. The van der Waals surface area contributed by atoms with Gasteiger partial charge in [0.2, 0.25) is 0 Å². The highest BCUT2D eigenvalue weighted by atomic mass is 35.5. The minimum Gasteiger partial charge on any atom is -0.494 e. The van der Waals surface area contributed by atoms with E-state index in [2.05, 4.69) is 4.90 Å². The molecule has 29 heavy (non-hydrogen) atoms. The molecule has 0 bridgehead atoms. The predicted molar refractivity (Wildman–Crippen MR) is 117 cm³/mol. The summed E-state index contributed by atoms with van der Waals surface area (Å²) in [6.45, 7) is 5.41. The van der Waals surface area contributed by atoms with E-state index in [4.69, 9.17) is 26.1 Å². The normalized spacial score (nSPS) is 14.3. The summed E-state index contributed by atoms with van der Waals surface area (Å²) in [4.78, 5) is 21.2. The van der Waals surface area contributed by atoms with Crippen LogP contribution >= 0.6 is 22.9 Å². The molecular formula is C21H22ClN3O3S. The Hall–Kier alpha value is -2.51. The van der Waals surface area contributed by atoms with Crippen LogP contribution in [0.4, 0.5) is 5.13 Å². The first kappa shape index (κ1) is 19.8. The molecular weight excluding hydrogens is 410 g/mol. The second-order valence-corrected chi connectivity index (χ2v) is 8.11. The van der Waals surface area contributed by atoms with Gasteiger partial charge in [0.1, 0.15) is 11.5 Å². The van der Waals surface area contributed by atoms with Crippen LogP contribution < -0.4 is 14.4 Å². The van der Waals surface area contributed by atoms with Crippen molar-refractivity contribution in [3.05, 3.63) is 47.5 Å². The Morgan fingerprint density at radius 3 is 2.45 bits per heavy atom. The lowest BCUT2D eigenvalue weighted by Gasteiger charge is -2.34. The number of piperazine rings is 1. The first-order chi connectivity index (χ1) is 14.1. The van der Waals surface area contributed by atoms with Crippen molar-refractivity contribution in [3.8, 4) is 11.5 Å². The maximum absolute atomic E-state index is 12.5. The van der Waals surface area contributed by atoms with Crippen molar-refractivity contribution in [3.63, 3.8) is 0 Å². The van der Waals surface area contributed by atoms with Crippen LogP contribution in [-0.2, 0) is 4.79 Å². The van der Waals surface area contributed by atoms with Crippen LogP contribution in [0, 0.1) is 0 Å². The van der Waals surface area contributed by atoms with Crippen molar-refractivity contribution in [2.75, 3.05) is 44.3 Å². The van der Waals surface area contributed by atoms with Crippen LogP contribution in [0.3, 0.4) is 0 Å². The van der Waals surface area contributed by atoms with Crippen molar-refractivity contribution in [1.82, 2.24) is 9.88 Å². The summed E-state index contributed by atoms with van der Waals surface area (Å²) in [5, 5.41) is 1.69. The van der Waals surface area contributed by atoms with Gasteiger partial charge in [-0.25, -0.2) is 4.98 Å². The minimum absolute atomic E-state index is 0.00498. The molecule has 0 spiro atoms. The molecule has 8 heteroatoms. The minimum atomic E-state index is -0.00498. The SMILES string of the molecule is CCOc1ccc(OCC(=O)N2CCN(c3nc4ccc(Cl)cc4s3)CC2)cc1. The third-order valence-corrected chi connectivity index (χ3v) is 6.05. The van der Waals surface area contributed by atoms with Crippen molar-refractivity contribution in [2.24, 2.45) is 0 Å². The number of aromatic nitrogens is 1. The number of anilines is 1. The highest BCUT2D eigenvalue weighted by Crippen LogP contribution is 2.31. The predicted octanol–water partition coefficient (Wildman–Crippen LogP) is 4.08. The smallest absolute Gasteiger partial charge is 0.260 e. The second kappa shape index (κ2) is 8.88. The third kappa shape index (κ3) is 4.74. The molecule has 2 aromatic carbocycles. The Balaban J connectivity index is 1.28. The number of ether oxygens (including phenoxy) is 2. The summed E-state index contributed by atoms with van der Waals surface area (Å²) in [7, 11) is 0. The summed E-state index contributed by atoms with van der Waals surface area (Å²) in [6.07, 6.45) is 0. The van der Waals surface area contributed by atoms with Crippen LogP contribution in [0.5, 0.6) is 11.5 Å². The molecule has 0 aliphatic carbocycles. The van der Waals surface area contributed by atoms with E-state index in [9.17, 15) is 4.79 Å². The zero-order chi connectivity index (χ0) is 20.2. The molecule has 1 aliphatic rings. The zero-order valence-electron chi connectivity index (χ0n) is 16.1. The molecule has 1 amide bonds. The van der Waals surface area contributed by atoms with Crippen LogP contribution in [0.1, 0.15) is 6.92 Å². The lowest BCUT2D eigenvalue weighted by molar-refractivity contribution is -0.133. The molecule has 1 saturated heterocycles. The quantitative estimate of drug-likeness (QED) is 0.588. The molecule has 0 radical (unpaired) electrons. The molecule has 0 N–H and O–H groups in total. The van der Waals surface area contributed by atoms with Gasteiger partial charge in [0.15, 0.2) is 11.7 Å². The first-order valence-corrected chi connectivity index (χ1v) is 10.8. The number of carbonyl (C=O) groups excluding carboxylic acids is 1. The fourth-order valence-electron chi connectivity index (χ4n) is 3.20. The van der Waals surface area contributed by atoms with Crippen LogP contribution in [0.15, 0.2) is 42.5 Å². The van der Waals surface area contributed by atoms with E-state index in [0.717, 1.165) is 39.2 Å². The molecule has 1 aliphatic heterocycles. The number of hydrogen-bond acceptors (Lipinski definition) is 6. The highest BCUT2D eigenvalue weighted by Gasteiger charge is 2.23. The van der Waals surface area contributed by atoms with Gasteiger partial charge in [-0.05, 0) is 49.4 Å². The number of nitrogens with zero attached hydrogens (tertiary/aromatic N) is 3. The molecule has 0 unspecified atom stereocenters. The summed E-state index contributed by atoms with van der Waals surface area (Å²) in [6, 6.07) is 13.0. The van der Waals surface area contributed by atoms with E-state index in [1.165, 1.54) is 0 Å². The molecule has 4 rings (SSSR count). The van der Waals surface area contributed by atoms with Gasteiger partial charge in [-0.3, -0.25) is 4.79 Å². The Bertz CT molecular complexity index is 985. The van der Waals surface area contributed by atoms with Crippen LogP contribution in [0.2, 0.25) is 5.02 Å². The lowest BCUT2D eigenvalue weighted by atomic mass is 10.3. The number of fused-ring (bicyclic) bond motifs is 1. The van der Waals surface area contributed by atoms with E-state index < -0.39 is 0 Å². The van der Waals surface area contributed by atoms with Crippen molar-refractivity contribution < 1.29 is 14.3 Å². The Labute approximate surface area is 178 Å². The number of benzene rings is 2. The van der Waals surface area contributed by atoms with Gasteiger partial charge in [-0.15, -0.1) is 0 Å². The fourth-order valence-corrected chi connectivity index (χ4v) is 4.50. The highest BCUT2D eigenvalue weighted by molar-refractivity contribution is 7.22. The molecule has 0 saturated carbocycles. The summed E-state index contributed by atoms with van der Waals surface area (Å²) >= 11 is 7.70. The maximum atomic E-state index is 12.5. The Morgan fingerprint density at radius 2 is 1.76 bits per heavy atom. The molecule has 1 aromatic heterocycles. The largest absolute Gasteiger partial charge is 0.494 e. The number of carbonyl (C=O) groups is 1. The maximum Gasteiger partial charge on any atom is 0.260 e. The van der Waals surface area contributed by atoms with Crippen molar-refractivity contribution in [2.45, 2.75) is 6.92 Å². The summed E-state index contributed by atoms with van der Waals surface area (Å²) in [5.74, 6) is 1.45. The van der Waals surface area contributed by atoms with Gasteiger partial charge >= 0.3 is 0 Å². The lowest BCUT2D eigenvalue weighted by Crippen LogP contribution is -2.50. The standard InChI is InChI=1S/C21H22ClN3O3S/c1-2-27-16-4-6-17(7-5-16)28-14-20(26)24-9-11-25(12-10-24)21-23-18-8-3-15(22)13-19(18)29-21/h3-8,13H,2,9-12,14H2,1H3. The summed E-state index contributed by atoms with van der Waals surface area (Å²) in [5.41, 5.74) is 0.955. The van der Waals surface area contributed by atoms with Crippen LogP contribution in [-0.4, -0.2) is 55.2 Å².